The number of aromatic nitrogens is 1. The van der Waals surface area contributed by atoms with Crippen LogP contribution in [0.2, 0.25) is 0 Å². The van der Waals surface area contributed by atoms with Gasteiger partial charge in [-0.15, -0.1) is 0 Å². The van der Waals surface area contributed by atoms with Crippen LogP contribution in [0.15, 0.2) is 121 Å². The molecular formula is C48H39N. The van der Waals surface area contributed by atoms with Crippen LogP contribution in [0, 0.1) is 0 Å². The maximum Gasteiger partial charge on any atom is 0.0545 e. The van der Waals surface area contributed by atoms with Gasteiger partial charge in [-0.05, 0) is 126 Å². The Morgan fingerprint density at radius 1 is 0.429 bits per heavy atom. The molecule has 1 aromatic heterocycles. The highest BCUT2D eigenvalue weighted by Crippen LogP contribution is 2.55. The van der Waals surface area contributed by atoms with Crippen LogP contribution in [0.1, 0.15) is 50.7 Å². The molecule has 9 aromatic carbocycles. The van der Waals surface area contributed by atoms with E-state index in [1.165, 1.54) is 135 Å². The summed E-state index contributed by atoms with van der Waals surface area (Å²) in [5.74, 6) is 0. The molecule has 0 atom stereocenters. The smallest absolute Gasteiger partial charge is 0.0545 e. The van der Waals surface area contributed by atoms with Crippen molar-refractivity contribution in [2.24, 2.45) is 0 Å². The number of nitrogens with one attached hydrogen (secondary N) is 1. The second-order valence-corrected chi connectivity index (χ2v) is 14.1. The van der Waals surface area contributed by atoms with Gasteiger partial charge in [0.1, 0.15) is 0 Å². The summed E-state index contributed by atoms with van der Waals surface area (Å²) in [6.45, 7) is 4.58. The lowest BCUT2D eigenvalue weighted by molar-refractivity contribution is 0.796. The molecule has 1 heteroatoms. The Balaban J connectivity index is 1.40. The second kappa shape index (κ2) is 11.1. The van der Waals surface area contributed by atoms with Gasteiger partial charge >= 0.3 is 0 Å². The molecule has 0 aliphatic carbocycles. The largest absolute Gasteiger partial charge is 0.354 e. The Hall–Kier alpha value is -5.40. The van der Waals surface area contributed by atoms with Crippen LogP contribution in [0.4, 0.5) is 0 Å². The fourth-order valence-corrected chi connectivity index (χ4v) is 9.01. The van der Waals surface area contributed by atoms with Crippen molar-refractivity contribution in [2.45, 2.75) is 52.4 Å². The van der Waals surface area contributed by atoms with E-state index >= 15 is 0 Å². The van der Waals surface area contributed by atoms with E-state index in [4.69, 9.17) is 0 Å². The number of fused-ring (bicyclic) bond motifs is 3. The van der Waals surface area contributed by atoms with Crippen molar-refractivity contribution in [3.63, 3.8) is 0 Å². The van der Waals surface area contributed by atoms with Gasteiger partial charge in [0.25, 0.3) is 0 Å². The molecule has 1 nitrogen and oxygen atoms in total. The minimum Gasteiger partial charge on any atom is -0.354 e. The number of unbranched alkanes of at least 4 members (excludes halogenated alkanes) is 2. The van der Waals surface area contributed by atoms with Crippen molar-refractivity contribution in [3.05, 3.63) is 132 Å². The molecule has 0 aliphatic heterocycles. The molecule has 0 fully saturated rings. The minimum atomic E-state index is 1.10. The third kappa shape index (κ3) is 4.12. The summed E-state index contributed by atoms with van der Waals surface area (Å²) < 4.78 is 0. The predicted octanol–water partition coefficient (Wildman–Crippen LogP) is 13.9. The normalized spacial score (nSPS) is 12.4. The molecule has 49 heavy (non-hydrogen) atoms. The van der Waals surface area contributed by atoms with E-state index in [2.05, 4.69) is 140 Å². The zero-order valence-electron chi connectivity index (χ0n) is 28.3. The average molecular weight is 630 g/mol. The number of aromatic amines is 1. The summed E-state index contributed by atoms with van der Waals surface area (Å²) in [7, 11) is 0. The number of H-pyrrole nitrogens is 1. The number of rotatable bonds is 9. The quantitative estimate of drug-likeness (QED) is 0.153. The van der Waals surface area contributed by atoms with E-state index in [0.717, 1.165) is 12.8 Å². The van der Waals surface area contributed by atoms with Crippen LogP contribution >= 0.6 is 0 Å². The van der Waals surface area contributed by atoms with Gasteiger partial charge in [0, 0.05) is 21.9 Å². The maximum absolute atomic E-state index is 3.99. The number of benzene rings is 8. The summed E-state index contributed by atoms with van der Waals surface area (Å²) in [6, 6.07) is 46.1. The van der Waals surface area contributed by atoms with Gasteiger partial charge in [-0.1, -0.05) is 130 Å². The molecule has 1 N–H and O–H groups in total. The monoisotopic (exact) mass is 629 g/mol. The lowest BCUT2D eigenvalue weighted by Gasteiger charge is -2.16. The van der Waals surface area contributed by atoms with Gasteiger partial charge in [0.15, 0.2) is 0 Å². The van der Waals surface area contributed by atoms with E-state index < -0.39 is 0 Å². The third-order valence-electron chi connectivity index (χ3n) is 11.3. The highest BCUT2D eigenvalue weighted by atomic mass is 14.7. The van der Waals surface area contributed by atoms with Gasteiger partial charge in [-0.2, -0.15) is 0 Å². The van der Waals surface area contributed by atoms with Crippen molar-refractivity contribution >= 4 is 64.8 Å². The molecular weight excluding hydrogens is 591 g/mol. The molecule has 0 aliphatic rings. The first-order chi connectivity index (χ1) is 24.2. The molecule has 0 saturated heterocycles. The summed E-state index contributed by atoms with van der Waals surface area (Å²) in [6.07, 6.45) is 6.98. The molecule has 1 heterocycles. The van der Waals surface area contributed by atoms with Crippen molar-refractivity contribution in [1.82, 2.24) is 4.98 Å². The van der Waals surface area contributed by atoms with Crippen molar-refractivity contribution in [2.75, 3.05) is 0 Å². The molecule has 0 bridgehead atoms. The third-order valence-corrected chi connectivity index (χ3v) is 11.3. The predicted molar refractivity (Wildman–Crippen MR) is 213 cm³/mol. The molecule has 0 unspecified atom stereocenters. The van der Waals surface area contributed by atoms with E-state index in [9.17, 15) is 0 Å². The molecule has 0 radical (unpaired) electrons. The Bertz CT molecular complexity index is 2610. The summed E-state index contributed by atoms with van der Waals surface area (Å²) in [5.41, 5.74) is 12.0. The highest BCUT2D eigenvalue weighted by Gasteiger charge is 2.27. The molecule has 0 amide bonds. The molecule has 236 valence electrons. The van der Waals surface area contributed by atoms with Crippen molar-refractivity contribution in [3.8, 4) is 33.5 Å². The SMILES string of the molecule is CCCCc1ccccc1-c1cc2c3cc(-c4ccccc4)[nH]c3c3cc(-c4ccccc4CCCC)c4ccc5ccc1c1c5c4c3c21. The second-order valence-electron chi connectivity index (χ2n) is 14.1. The Kier molecular flexibility index (Phi) is 6.46. The van der Waals surface area contributed by atoms with Crippen LogP contribution in [0.25, 0.3) is 98.3 Å². The van der Waals surface area contributed by atoms with E-state index in [1.54, 1.807) is 0 Å². The van der Waals surface area contributed by atoms with Gasteiger partial charge < -0.3 is 4.98 Å². The number of hydrogen-bond acceptors (Lipinski definition) is 0. The van der Waals surface area contributed by atoms with E-state index in [-0.39, 0.29) is 0 Å². The molecule has 10 rings (SSSR count). The molecule has 0 saturated carbocycles. The fourth-order valence-electron chi connectivity index (χ4n) is 9.01. The van der Waals surface area contributed by atoms with Crippen molar-refractivity contribution in [1.29, 1.82) is 0 Å². The number of aryl methyl sites for hydroxylation is 2. The van der Waals surface area contributed by atoms with Crippen LogP contribution < -0.4 is 0 Å². The summed E-state index contributed by atoms with van der Waals surface area (Å²) >= 11 is 0. The Morgan fingerprint density at radius 2 is 0.959 bits per heavy atom. The zero-order valence-corrected chi connectivity index (χ0v) is 28.3. The topological polar surface area (TPSA) is 15.8 Å². The first-order valence-corrected chi connectivity index (χ1v) is 18.2. The first-order valence-electron chi connectivity index (χ1n) is 18.2. The molecule has 0 spiro atoms. The van der Waals surface area contributed by atoms with Crippen LogP contribution in [0.5, 0.6) is 0 Å². The zero-order chi connectivity index (χ0) is 32.6. The highest BCUT2D eigenvalue weighted by molar-refractivity contribution is 6.50. The first kappa shape index (κ1) is 28.6. The number of hydrogen-bond donors (Lipinski definition) is 1. The van der Waals surface area contributed by atoms with Gasteiger partial charge in [-0.3, -0.25) is 0 Å². The molecule has 10 aromatic rings. The summed E-state index contributed by atoms with van der Waals surface area (Å²) in [5, 5.41) is 15.2. The maximum atomic E-state index is 3.99. The van der Waals surface area contributed by atoms with Crippen LogP contribution in [0.3, 0.4) is 0 Å². The average Bonchev–Trinajstić information content (AvgIpc) is 3.77. The van der Waals surface area contributed by atoms with Gasteiger partial charge in [0.2, 0.25) is 0 Å². The Labute approximate surface area is 287 Å². The van der Waals surface area contributed by atoms with E-state index in [1.807, 2.05) is 0 Å². The lowest BCUT2D eigenvalue weighted by atomic mass is 9.87. The van der Waals surface area contributed by atoms with E-state index in [0.29, 0.717) is 0 Å². The fraction of sp³-hybridized carbons (Fsp3) is 0.167. The van der Waals surface area contributed by atoms with Crippen LogP contribution in [-0.4, -0.2) is 4.98 Å². The Morgan fingerprint density at radius 3 is 1.57 bits per heavy atom. The van der Waals surface area contributed by atoms with Crippen LogP contribution in [-0.2, 0) is 12.8 Å². The summed E-state index contributed by atoms with van der Waals surface area (Å²) in [4.78, 5) is 3.99. The van der Waals surface area contributed by atoms with Gasteiger partial charge in [-0.25, -0.2) is 0 Å². The lowest BCUT2D eigenvalue weighted by Crippen LogP contribution is -1.92. The minimum absolute atomic E-state index is 1.10. The van der Waals surface area contributed by atoms with Crippen molar-refractivity contribution < 1.29 is 0 Å². The van der Waals surface area contributed by atoms with Gasteiger partial charge in [0.05, 0.1) is 5.52 Å². The standard InChI is InChI=1S/C48H39N/c1-3-5-14-29-16-10-12-20-33(29)37-26-39-40-28-42(31-18-8-7-9-19-31)49-48(40)41-27-38(34-21-13-11-17-30(34)15-6-4-2)36-25-23-32-22-24-35(37)44-43(32)45(36)47(41)46(39)44/h7-13,16-28,49H,3-6,14-15H2,1-2H3.